The summed E-state index contributed by atoms with van der Waals surface area (Å²) < 4.78 is 1.29. The number of aliphatic hydroxyl groups excluding tert-OH is 1. The average Bonchev–Trinajstić information content (AvgIpc) is 3.46. The quantitative estimate of drug-likeness (QED) is 0.0670. The van der Waals surface area contributed by atoms with Crippen LogP contribution in [0.3, 0.4) is 0 Å². The number of ketones is 1. The first-order valence-electron chi connectivity index (χ1n) is 17.1. The second kappa shape index (κ2) is 16.5. The van der Waals surface area contributed by atoms with Gasteiger partial charge in [-0.15, -0.1) is 53.1 Å². The Hall–Kier alpha value is -2.83. The van der Waals surface area contributed by atoms with Crippen molar-refractivity contribution in [3.05, 3.63) is 89.3 Å². The van der Waals surface area contributed by atoms with Crippen molar-refractivity contribution >= 4 is 50.6 Å². The zero-order valence-electron chi connectivity index (χ0n) is 30.6. The van der Waals surface area contributed by atoms with Crippen molar-refractivity contribution in [3.8, 4) is 22.5 Å². The maximum atomic E-state index is 12.2. The van der Waals surface area contributed by atoms with Crippen LogP contribution in [0.25, 0.3) is 43.4 Å². The van der Waals surface area contributed by atoms with Gasteiger partial charge in [-0.3, -0.25) is 9.78 Å². The van der Waals surface area contributed by atoms with Crippen LogP contribution in [0.1, 0.15) is 99.1 Å². The van der Waals surface area contributed by atoms with Gasteiger partial charge in [0.05, 0.1) is 5.69 Å². The molecule has 5 aromatic rings. The third-order valence-corrected chi connectivity index (χ3v) is 11.8. The van der Waals surface area contributed by atoms with E-state index in [1.807, 2.05) is 41.5 Å². The molecule has 0 saturated carbocycles. The number of benzene rings is 3. The molecular weight excluding hydrogens is 821 g/mol. The maximum absolute atomic E-state index is 12.2. The molecule has 49 heavy (non-hydrogen) atoms. The number of hydrogen-bond acceptors (Lipinski definition) is 6. The number of nitrogens with zero attached hydrogens (tertiary/aromatic N) is 2. The number of thiol groups is 1. The largest absolute Gasteiger partial charge is 0.512 e. The molecular formula is C42H51IrN2O2S2-. The van der Waals surface area contributed by atoms with Crippen LogP contribution in [0.15, 0.2) is 77.0 Å². The number of allylic oxidation sites excluding steroid dienone is 2. The van der Waals surface area contributed by atoms with Gasteiger partial charge < -0.3 is 5.11 Å². The monoisotopic (exact) mass is 872 g/mol. The molecule has 2 aromatic heterocycles. The number of aryl methyl sites for hydroxylation is 1. The van der Waals surface area contributed by atoms with Crippen molar-refractivity contribution in [1.29, 1.82) is 0 Å². The zero-order valence-corrected chi connectivity index (χ0v) is 34.7. The average molecular weight is 872 g/mol. The van der Waals surface area contributed by atoms with E-state index < -0.39 is 0 Å². The molecule has 0 atom stereocenters. The van der Waals surface area contributed by atoms with E-state index in [2.05, 4.69) is 97.6 Å². The number of aliphatic hydroxyl groups is 1. The second-order valence-corrected chi connectivity index (χ2v) is 15.7. The number of carbonyl (C=O) groups is 1. The van der Waals surface area contributed by atoms with Gasteiger partial charge in [-0.2, -0.15) is 0 Å². The van der Waals surface area contributed by atoms with E-state index in [1.54, 1.807) is 17.7 Å². The minimum absolute atomic E-state index is 0. The van der Waals surface area contributed by atoms with Gasteiger partial charge in [0.2, 0.25) is 0 Å². The van der Waals surface area contributed by atoms with E-state index in [-0.39, 0.29) is 47.9 Å². The fourth-order valence-electron chi connectivity index (χ4n) is 5.75. The van der Waals surface area contributed by atoms with Gasteiger partial charge in [0.25, 0.3) is 0 Å². The molecule has 1 N–H and O–H groups in total. The Kier molecular flexibility index (Phi) is 13.6. The third kappa shape index (κ3) is 8.73. The molecule has 7 heteroatoms. The molecule has 0 aliphatic carbocycles. The summed E-state index contributed by atoms with van der Waals surface area (Å²) in [4.78, 5) is 22.2. The van der Waals surface area contributed by atoms with E-state index in [0.717, 1.165) is 58.5 Å². The van der Waals surface area contributed by atoms with Crippen LogP contribution in [0.4, 0.5) is 0 Å². The number of hydrogen-bond donors (Lipinski definition) is 2. The van der Waals surface area contributed by atoms with Gasteiger partial charge in [0.15, 0.2) is 5.78 Å². The van der Waals surface area contributed by atoms with Gasteiger partial charge in [-0.05, 0) is 66.5 Å². The van der Waals surface area contributed by atoms with E-state index in [4.69, 9.17) is 12.6 Å². The zero-order chi connectivity index (χ0) is 35.4. The minimum atomic E-state index is -0.337. The Balaban J connectivity index is 0.000000312. The molecule has 1 radical (unpaired) electrons. The summed E-state index contributed by atoms with van der Waals surface area (Å²) >= 11 is 6.67. The van der Waals surface area contributed by atoms with Crippen molar-refractivity contribution in [1.82, 2.24) is 9.97 Å². The first kappa shape index (κ1) is 40.6. The Bertz CT molecular complexity index is 1950. The number of fused-ring (bicyclic) bond motifs is 2. The molecule has 0 unspecified atom stereocenters. The van der Waals surface area contributed by atoms with Crippen LogP contribution in [0.5, 0.6) is 0 Å². The first-order valence-corrected chi connectivity index (χ1v) is 18.4. The molecule has 0 aliphatic rings. The van der Waals surface area contributed by atoms with E-state index >= 15 is 0 Å². The summed E-state index contributed by atoms with van der Waals surface area (Å²) in [7, 11) is 0. The van der Waals surface area contributed by atoms with Crippen LogP contribution in [0, 0.1) is 23.8 Å². The number of rotatable bonds is 9. The third-order valence-electron chi connectivity index (χ3n) is 10.3. The fourth-order valence-corrected chi connectivity index (χ4v) is 7.04. The van der Waals surface area contributed by atoms with Gasteiger partial charge in [-0.1, -0.05) is 97.5 Å². The molecule has 0 bridgehead atoms. The Morgan fingerprint density at radius 1 is 0.878 bits per heavy atom. The summed E-state index contributed by atoms with van der Waals surface area (Å²) in [6.45, 7) is 20.9. The molecule has 263 valence electrons. The van der Waals surface area contributed by atoms with Crippen molar-refractivity contribution in [2.75, 3.05) is 0 Å². The summed E-state index contributed by atoms with van der Waals surface area (Å²) in [5.74, 6) is 0.286. The molecule has 0 saturated heterocycles. The molecule has 3 aromatic carbocycles. The molecule has 4 nitrogen and oxygen atoms in total. The summed E-state index contributed by atoms with van der Waals surface area (Å²) in [6.07, 6.45) is 6.39. The summed E-state index contributed by atoms with van der Waals surface area (Å²) in [5, 5.41) is 15.9. The molecule has 0 amide bonds. The minimum Gasteiger partial charge on any atom is -0.512 e. The molecule has 0 fully saturated rings. The molecule has 0 aliphatic heterocycles. The van der Waals surface area contributed by atoms with Crippen molar-refractivity contribution in [3.63, 3.8) is 0 Å². The van der Waals surface area contributed by atoms with Crippen LogP contribution in [-0.4, -0.2) is 20.9 Å². The second-order valence-electron chi connectivity index (χ2n) is 14.4. The van der Waals surface area contributed by atoms with Gasteiger partial charge in [-0.25, -0.2) is 4.98 Å². The predicted molar refractivity (Wildman–Crippen MR) is 208 cm³/mol. The van der Waals surface area contributed by atoms with Gasteiger partial charge in [0.1, 0.15) is 12.1 Å². The number of thiophene rings is 1. The fraction of sp³-hybridized carbons (Fsp3) is 0.405. The van der Waals surface area contributed by atoms with Crippen molar-refractivity contribution in [2.24, 2.45) is 10.8 Å². The number of carbonyl (C=O) groups excluding carboxylic acids is 1. The Labute approximate surface area is 316 Å². The number of aromatic nitrogens is 2. The summed E-state index contributed by atoms with van der Waals surface area (Å²) in [5.41, 5.74) is 5.62. The SMILES string of the molecule is CCC(C)(CC)C(=O)/C=C(\O)C(C)(CC)CC.Cc1csc2ccc(-c3ncnc(-c4[c-]c5ccccc5c(C(C)(C)C)c4)c3S)cc12.[Ir]. The van der Waals surface area contributed by atoms with Crippen LogP contribution >= 0.6 is 24.0 Å². The van der Waals surface area contributed by atoms with Gasteiger partial charge in [0, 0.05) is 57.9 Å². The van der Waals surface area contributed by atoms with Crippen LogP contribution in [0.2, 0.25) is 0 Å². The summed E-state index contributed by atoms with van der Waals surface area (Å²) in [6, 6.07) is 20.7. The van der Waals surface area contributed by atoms with E-state index in [0.29, 0.717) is 0 Å². The van der Waals surface area contributed by atoms with Crippen molar-refractivity contribution in [2.45, 2.75) is 105 Å². The first-order chi connectivity index (χ1) is 22.6. The Morgan fingerprint density at radius 3 is 2.10 bits per heavy atom. The van der Waals surface area contributed by atoms with E-state index in [9.17, 15) is 9.90 Å². The standard InChI is InChI=1S/C27H23N2S2.C15H28O2.Ir/c1-16-14-31-23-10-9-18(12-21(16)23)24-26(30)25(29-15-28-24)19-11-17-7-5-6-8-20(17)22(13-19)27(2,3)4;1-7-14(5,8-2)12(16)11-13(17)15(6,9-3)10-4;/h5-10,12-15,30H,1-4H3;11,16H,7-10H2,1-6H3;/q-1;;/b;12-11-;. The topological polar surface area (TPSA) is 63.1 Å². The normalized spacial score (nSPS) is 12.4. The van der Waals surface area contributed by atoms with Gasteiger partial charge >= 0.3 is 0 Å². The van der Waals surface area contributed by atoms with Crippen molar-refractivity contribution < 1.29 is 30.0 Å². The molecule has 2 heterocycles. The smallest absolute Gasteiger partial charge is 0.164 e. The molecule has 0 spiro atoms. The predicted octanol–water partition coefficient (Wildman–Crippen LogP) is 12.5. The van der Waals surface area contributed by atoms with Crippen LogP contribution in [-0.2, 0) is 30.3 Å². The maximum Gasteiger partial charge on any atom is 0.164 e. The van der Waals surface area contributed by atoms with E-state index in [1.165, 1.54) is 32.7 Å². The van der Waals surface area contributed by atoms with Crippen LogP contribution < -0.4 is 0 Å². The Morgan fingerprint density at radius 2 is 1.49 bits per heavy atom. The molecule has 5 rings (SSSR count).